The first-order chi connectivity index (χ1) is 10.6. The Hall–Kier alpha value is -2.57. The third-order valence-electron chi connectivity index (χ3n) is 3.69. The molecule has 22 heavy (non-hydrogen) atoms. The van der Waals surface area contributed by atoms with Crippen LogP contribution >= 0.6 is 0 Å². The first-order valence-electron chi connectivity index (χ1n) is 7.24. The summed E-state index contributed by atoms with van der Waals surface area (Å²) < 4.78 is 7.00. The zero-order chi connectivity index (χ0) is 15.7. The van der Waals surface area contributed by atoms with Gasteiger partial charge in [-0.25, -0.2) is 4.68 Å². The number of hydrogen-bond donors (Lipinski definition) is 2. The van der Waals surface area contributed by atoms with Gasteiger partial charge < -0.3 is 15.4 Å². The van der Waals surface area contributed by atoms with Crippen molar-refractivity contribution < 1.29 is 9.53 Å². The SMILES string of the molecule is COc1cc(C)c(NC(=O)c2nc3n(n2)CCCN3)cc1C. The number of ether oxygens (including phenoxy) is 1. The molecule has 0 saturated carbocycles. The molecular weight excluding hydrogens is 282 g/mol. The molecule has 0 saturated heterocycles. The van der Waals surface area contributed by atoms with Crippen molar-refractivity contribution in [2.45, 2.75) is 26.8 Å². The predicted molar refractivity (Wildman–Crippen MR) is 83.5 cm³/mol. The van der Waals surface area contributed by atoms with Crippen molar-refractivity contribution >= 4 is 17.5 Å². The predicted octanol–water partition coefficient (Wildman–Crippen LogP) is 1.97. The van der Waals surface area contributed by atoms with Crippen LogP contribution in [0.1, 0.15) is 28.2 Å². The van der Waals surface area contributed by atoms with E-state index in [4.69, 9.17) is 4.74 Å². The number of hydrogen-bond acceptors (Lipinski definition) is 5. The lowest BCUT2D eigenvalue weighted by molar-refractivity contribution is 0.101. The van der Waals surface area contributed by atoms with Crippen LogP contribution in [-0.2, 0) is 6.54 Å². The van der Waals surface area contributed by atoms with E-state index in [1.807, 2.05) is 26.0 Å². The van der Waals surface area contributed by atoms with Gasteiger partial charge >= 0.3 is 0 Å². The largest absolute Gasteiger partial charge is 0.496 e. The Morgan fingerprint density at radius 2 is 2.18 bits per heavy atom. The molecule has 0 fully saturated rings. The summed E-state index contributed by atoms with van der Waals surface area (Å²) in [4.78, 5) is 16.6. The Bertz CT molecular complexity index is 699. The third-order valence-corrected chi connectivity index (χ3v) is 3.69. The maximum absolute atomic E-state index is 12.3. The van der Waals surface area contributed by atoms with Crippen molar-refractivity contribution in [1.29, 1.82) is 0 Å². The van der Waals surface area contributed by atoms with E-state index in [0.717, 1.165) is 42.1 Å². The van der Waals surface area contributed by atoms with Crippen molar-refractivity contribution in [1.82, 2.24) is 14.8 Å². The van der Waals surface area contributed by atoms with Crippen LogP contribution in [-0.4, -0.2) is 34.3 Å². The summed E-state index contributed by atoms with van der Waals surface area (Å²) in [6, 6.07) is 3.79. The first kappa shape index (κ1) is 14.4. The average molecular weight is 301 g/mol. The van der Waals surface area contributed by atoms with E-state index in [0.29, 0.717) is 5.95 Å². The van der Waals surface area contributed by atoms with E-state index >= 15 is 0 Å². The number of aryl methyl sites for hydroxylation is 3. The Labute approximate surface area is 128 Å². The molecule has 1 aliphatic rings. The molecule has 1 aromatic carbocycles. The van der Waals surface area contributed by atoms with Gasteiger partial charge in [-0.3, -0.25) is 4.79 Å². The monoisotopic (exact) mass is 301 g/mol. The zero-order valence-electron chi connectivity index (χ0n) is 12.9. The number of nitrogens with one attached hydrogen (secondary N) is 2. The molecule has 0 bridgehead atoms. The summed E-state index contributed by atoms with van der Waals surface area (Å²) in [5, 5.41) is 10.2. The van der Waals surface area contributed by atoms with Crippen molar-refractivity contribution in [2.75, 3.05) is 24.3 Å². The van der Waals surface area contributed by atoms with E-state index in [1.54, 1.807) is 11.8 Å². The number of rotatable bonds is 3. The molecule has 7 heteroatoms. The topological polar surface area (TPSA) is 81.1 Å². The molecule has 2 heterocycles. The van der Waals surface area contributed by atoms with Crippen LogP contribution in [0.15, 0.2) is 12.1 Å². The fraction of sp³-hybridized carbons (Fsp3) is 0.400. The van der Waals surface area contributed by atoms with Gasteiger partial charge in [-0.1, -0.05) is 0 Å². The maximum atomic E-state index is 12.3. The highest BCUT2D eigenvalue weighted by molar-refractivity contribution is 6.02. The highest BCUT2D eigenvalue weighted by Gasteiger charge is 2.19. The summed E-state index contributed by atoms with van der Waals surface area (Å²) in [6.07, 6.45) is 0.980. The molecule has 1 amide bonds. The van der Waals surface area contributed by atoms with Crippen molar-refractivity contribution in [3.8, 4) is 5.75 Å². The molecule has 1 aliphatic heterocycles. The Morgan fingerprint density at radius 3 is 2.91 bits per heavy atom. The van der Waals surface area contributed by atoms with Gasteiger partial charge in [-0.2, -0.15) is 4.98 Å². The van der Waals surface area contributed by atoms with E-state index in [1.165, 1.54) is 0 Å². The van der Waals surface area contributed by atoms with Gasteiger partial charge in [-0.05, 0) is 43.5 Å². The first-order valence-corrected chi connectivity index (χ1v) is 7.24. The van der Waals surface area contributed by atoms with Gasteiger partial charge in [0.15, 0.2) is 0 Å². The standard InChI is InChI=1S/C15H19N5O2/c1-9-8-12(22-3)10(2)7-11(9)17-14(21)13-18-15-16-5-4-6-20(15)19-13/h7-8H,4-6H2,1-3H3,(H,17,21)(H,16,18,19). The van der Waals surface area contributed by atoms with E-state index < -0.39 is 0 Å². The van der Waals surface area contributed by atoms with Gasteiger partial charge in [0.05, 0.1) is 7.11 Å². The molecule has 0 atom stereocenters. The number of aromatic nitrogens is 3. The number of carbonyl (C=O) groups is 1. The molecule has 7 nitrogen and oxygen atoms in total. The molecule has 2 N–H and O–H groups in total. The minimum absolute atomic E-state index is 0.178. The van der Waals surface area contributed by atoms with Crippen LogP contribution in [0.5, 0.6) is 5.75 Å². The van der Waals surface area contributed by atoms with Gasteiger partial charge in [0, 0.05) is 18.8 Å². The quantitative estimate of drug-likeness (QED) is 0.906. The van der Waals surface area contributed by atoms with Crippen LogP contribution in [0, 0.1) is 13.8 Å². The summed E-state index contributed by atoms with van der Waals surface area (Å²) >= 11 is 0. The highest BCUT2D eigenvalue weighted by Crippen LogP contribution is 2.26. The molecule has 1 aromatic heterocycles. The summed E-state index contributed by atoms with van der Waals surface area (Å²) in [5.41, 5.74) is 2.63. The van der Waals surface area contributed by atoms with Crippen LogP contribution < -0.4 is 15.4 Å². The van der Waals surface area contributed by atoms with Crippen molar-refractivity contribution in [3.63, 3.8) is 0 Å². The molecule has 116 valence electrons. The second-order valence-corrected chi connectivity index (χ2v) is 5.35. The molecule has 0 unspecified atom stereocenters. The van der Waals surface area contributed by atoms with Crippen LogP contribution in [0.4, 0.5) is 11.6 Å². The van der Waals surface area contributed by atoms with Gasteiger partial charge in [-0.15, -0.1) is 5.10 Å². The van der Waals surface area contributed by atoms with Crippen LogP contribution in [0.25, 0.3) is 0 Å². The number of fused-ring (bicyclic) bond motifs is 1. The maximum Gasteiger partial charge on any atom is 0.295 e. The number of benzene rings is 1. The minimum atomic E-state index is -0.309. The van der Waals surface area contributed by atoms with Crippen LogP contribution in [0.3, 0.4) is 0 Å². The van der Waals surface area contributed by atoms with Gasteiger partial charge in [0.1, 0.15) is 5.75 Å². The highest BCUT2D eigenvalue weighted by atomic mass is 16.5. The third kappa shape index (κ3) is 2.61. The van der Waals surface area contributed by atoms with E-state index in [2.05, 4.69) is 20.7 Å². The van der Waals surface area contributed by atoms with E-state index in [9.17, 15) is 4.79 Å². The fourth-order valence-electron chi connectivity index (χ4n) is 2.48. The lowest BCUT2D eigenvalue weighted by Gasteiger charge is -2.12. The molecule has 2 aromatic rings. The van der Waals surface area contributed by atoms with Crippen LogP contribution in [0.2, 0.25) is 0 Å². The molecular formula is C15H19N5O2. The summed E-state index contributed by atoms with van der Waals surface area (Å²) in [6.45, 7) is 5.50. The second kappa shape index (κ2) is 5.67. The molecule has 3 rings (SSSR count). The smallest absolute Gasteiger partial charge is 0.295 e. The number of carbonyl (C=O) groups excluding carboxylic acids is 1. The van der Waals surface area contributed by atoms with Gasteiger partial charge in [0.25, 0.3) is 5.91 Å². The average Bonchev–Trinajstić information content (AvgIpc) is 2.94. The fourth-order valence-corrected chi connectivity index (χ4v) is 2.48. The lowest BCUT2D eigenvalue weighted by atomic mass is 10.1. The summed E-state index contributed by atoms with van der Waals surface area (Å²) in [7, 11) is 1.63. The second-order valence-electron chi connectivity index (χ2n) is 5.35. The number of amides is 1. The molecule has 0 aliphatic carbocycles. The minimum Gasteiger partial charge on any atom is -0.496 e. The van der Waals surface area contributed by atoms with Gasteiger partial charge in [0.2, 0.25) is 11.8 Å². The summed E-state index contributed by atoms with van der Waals surface area (Å²) in [5.74, 6) is 1.32. The number of methoxy groups -OCH3 is 1. The zero-order valence-corrected chi connectivity index (χ0v) is 12.9. The van der Waals surface area contributed by atoms with Crippen molar-refractivity contribution in [3.05, 3.63) is 29.1 Å². The Kier molecular flexibility index (Phi) is 3.70. The molecule has 0 spiro atoms. The molecule has 0 radical (unpaired) electrons. The normalized spacial score (nSPS) is 13.2. The Balaban J connectivity index is 1.82. The Morgan fingerprint density at radius 1 is 1.36 bits per heavy atom. The number of anilines is 2. The van der Waals surface area contributed by atoms with Crippen molar-refractivity contribution in [2.24, 2.45) is 0 Å². The number of nitrogens with zero attached hydrogens (tertiary/aromatic N) is 3. The lowest BCUT2D eigenvalue weighted by Crippen LogP contribution is -2.18. The van der Waals surface area contributed by atoms with E-state index in [-0.39, 0.29) is 11.7 Å².